The average molecular weight is 262 g/mol. The highest BCUT2D eigenvalue weighted by Crippen LogP contribution is 2.16. The lowest BCUT2D eigenvalue weighted by molar-refractivity contribution is -0.128. The minimum absolute atomic E-state index is 0.0645. The summed E-state index contributed by atoms with van der Waals surface area (Å²) in [4.78, 5) is 11.7. The molecular formula is C14H28ClNO. The normalized spacial score (nSPS) is 11.9. The van der Waals surface area contributed by atoms with Gasteiger partial charge in [-0.05, 0) is 26.2 Å². The Kier molecular flexibility index (Phi) is 8.67. The number of carbonyl (C=O) groups is 1. The monoisotopic (exact) mass is 261 g/mol. The molecule has 0 bridgehead atoms. The number of unbranched alkanes of at least 4 members (excludes halogenated alkanes) is 3. The fourth-order valence-electron chi connectivity index (χ4n) is 1.53. The van der Waals surface area contributed by atoms with Gasteiger partial charge in [0, 0.05) is 12.4 Å². The highest BCUT2D eigenvalue weighted by molar-refractivity contribution is 6.19. The molecule has 0 atom stereocenters. The van der Waals surface area contributed by atoms with Gasteiger partial charge in [0.05, 0.1) is 5.41 Å². The van der Waals surface area contributed by atoms with Gasteiger partial charge in [-0.15, -0.1) is 11.6 Å². The van der Waals surface area contributed by atoms with E-state index in [0.29, 0.717) is 5.88 Å². The molecule has 0 aromatic rings. The molecule has 2 nitrogen and oxygen atoms in total. The van der Waals surface area contributed by atoms with Crippen molar-refractivity contribution < 1.29 is 4.79 Å². The first-order chi connectivity index (χ1) is 7.90. The number of hydrogen-bond acceptors (Lipinski definition) is 1. The fourth-order valence-corrected chi connectivity index (χ4v) is 1.65. The largest absolute Gasteiger partial charge is 0.356 e. The zero-order valence-electron chi connectivity index (χ0n) is 11.8. The van der Waals surface area contributed by atoms with E-state index in [-0.39, 0.29) is 5.91 Å². The van der Waals surface area contributed by atoms with Crippen LogP contribution in [0.5, 0.6) is 0 Å². The summed E-state index contributed by atoms with van der Waals surface area (Å²) in [5.41, 5.74) is -0.445. The van der Waals surface area contributed by atoms with Crippen molar-refractivity contribution in [2.45, 2.75) is 59.8 Å². The first-order valence-electron chi connectivity index (χ1n) is 6.74. The van der Waals surface area contributed by atoms with Gasteiger partial charge in [-0.3, -0.25) is 4.79 Å². The van der Waals surface area contributed by atoms with Gasteiger partial charge in [0.25, 0.3) is 0 Å². The highest BCUT2D eigenvalue weighted by Gasteiger charge is 2.25. The highest BCUT2D eigenvalue weighted by atomic mass is 35.5. The SMILES string of the molecule is CC(C)CCCCCCNC(=O)C(C)(C)CCl. The van der Waals surface area contributed by atoms with Crippen molar-refractivity contribution in [3.63, 3.8) is 0 Å². The van der Waals surface area contributed by atoms with E-state index in [4.69, 9.17) is 11.6 Å². The lowest BCUT2D eigenvalue weighted by atomic mass is 9.95. The number of rotatable bonds is 9. The number of nitrogens with one attached hydrogen (secondary N) is 1. The molecule has 0 aromatic carbocycles. The number of hydrogen-bond donors (Lipinski definition) is 1. The van der Waals surface area contributed by atoms with E-state index < -0.39 is 5.41 Å². The lowest BCUT2D eigenvalue weighted by Gasteiger charge is -2.20. The zero-order chi connectivity index (χ0) is 13.3. The standard InChI is InChI=1S/C14H28ClNO/c1-12(2)9-7-5-6-8-10-16-13(17)14(3,4)11-15/h12H,5-11H2,1-4H3,(H,16,17). The van der Waals surface area contributed by atoms with Crippen LogP contribution in [0.3, 0.4) is 0 Å². The predicted molar refractivity (Wildman–Crippen MR) is 75.4 cm³/mol. The van der Waals surface area contributed by atoms with Crippen LogP contribution in [-0.4, -0.2) is 18.3 Å². The molecule has 0 aliphatic rings. The van der Waals surface area contributed by atoms with Crippen LogP contribution < -0.4 is 5.32 Å². The Morgan fingerprint density at radius 3 is 2.29 bits per heavy atom. The summed E-state index contributed by atoms with van der Waals surface area (Å²) in [7, 11) is 0. The van der Waals surface area contributed by atoms with Crippen molar-refractivity contribution in [2.75, 3.05) is 12.4 Å². The zero-order valence-corrected chi connectivity index (χ0v) is 12.6. The molecular weight excluding hydrogens is 234 g/mol. The molecule has 0 saturated heterocycles. The topological polar surface area (TPSA) is 29.1 Å². The van der Waals surface area contributed by atoms with Gasteiger partial charge in [-0.2, -0.15) is 0 Å². The van der Waals surface area contributed by atoms with E-state index in [1.807, 2.05) is 13.8 Å². The Bertz CT molecular complexity index is 214. The third kappa shape index (κ3) is 8.48. The van der Waals surface area contributed by atoms with Crippen LogP contribution >= 0.6 is 11.6 Å². The molecule has 0 heterocycles. The fraction of sp³-hybridized carbons (Fsp3) is 0.929. The van der Waals surface area contributed by atoms with Crippen LogP contribution in [0.4, 0.5) is 0 Å². The van der Waals surface area contributed by atoms with E-state index in [2.05, 4.69) is 19.2 Å². The van der Waals surface area contributed by atoms with E-state index in [9.17, 15) is 4.79 Å². The van der Waals surface area contributed by atoms with Gasteiger partial charge in [0.15, 0.2) is 0 Å². The number of alkyl halides is 1. The first kappa shape index (κ1) is 16.8. The van der Waals surface area contributed by atoms with E-state index in [0.717, 1.165) is 18.9 Å². The van der Waals surface area contributed by atoms with E-state index in [1.54, 1.807) is 0 Å². The number of halogens is 1. The van der Waals surface area contributed by atoms with Crippen molar-refractivity contribution in [1.29, 1.82) is 0 Å². The van der Waals surface area contributed by atoms with Gasteiger partial charge in [0.2, 0.25) is 5.91 Å². The quantitative estimate of drug-likeness (QED) is 0.494. The summed E-state index contributed by atoms with van der Waals surface area (Å²) in [6, 6.07) is 0. The molecule has 102 valence electrons. The summed E-state index contributed by atoms with van der Waals surface area (Å²) < 4.78 is 0. The molecule has 0 aliphatic heterocycles. The Labute approximate surface area is 111 Å². The molecule has 0 unspecified atom stereocenters. The predicted octanol–water partition coefficient (Wildman–Crippen LogP) is 3.97. The minimum Gasteiger partial charge on any atom is -0.356 e. The Hall–Kier alpha value is -0.240. The molecule has 0 fully saturated rings. The first-order valence-corrected chi connectivity index (χ1v) is 7.28. The molecule has 1 N–H and O–H groups in total. The molecule has 0 rings (SSSR count). The van der Waals surface area contributed by atoms with Crippen molar-refractivity contribution in [3.8, 4) is 0 Å². The minimum atomic E-state index is -0.445. The summed E-state index contributed by atoms with van der Waals surface area (Å²) in [5, 5.41) is 2.95. The average Bonchev–Trinajstić information content (AvgIpc) is 2.27. The maximum absolute atomic E-state index is 11.7. The van der Waals surface area contributed by atoms with Crippen molar-refractivity contribution in [2.24, 2.45) is 11.3 Å². The van der Waals surface area contributed by atoms with Gasteiger partial charge in [-0.1, -0.05) is 39.5 Å². The lowest BCUT2D eigenvalue weighted by Crippen LogP contribution is -2.38. The molecule has 17 heavy (non-hydrogen) atoms. The summed E-state index contributed by atoms with van der Waals surface area (Å²) in [6.07, 6.45) is 6.16. The molecule has 0 radical (unpaired) electrons. The van der Waals surface area contributed by atoms with Crippen LogP contribution in [0.15, 0.2) is 0 Å². The third-order valence-electron chi connectivity index (χ3n) is 2.94. The summed E-state index contributed by atoms with van der Waals surface area (Å²) in [6.45, 7) is 9.04. The Balaban J connectivity index is 3.43. The van der Waals surface area contributed by atoms with Gasteiger partial charge in [-0.25, -0.2) is 0 Å². The van der Waals surface area contributed by atoms with Crippen LogP contribution in [-0.2, 0) is 4.79 Å². The second-order valence-corrected chi connectivity index (χ2v) is 6.14. The van der Waals surface area contributed by atoms with Gasteiger partial charge >= 0.3 is 0 Å². The third-order valence-corrected chi connectivity index (χ3v) is 3.61. The van der Waals surface area contributed by atoms with Crippen molar-refractivity contribution >= 4 is 17.5 Å². The smallest absolute Gasteiger partial charge is 0.226 e. The van der Waals surface area contributed by atoms with E-state index in [1.165, 1.54) is 25.7 Å². The Morgan fingerprint density at radius 2 is 1.76 bits per heavy atom. The molecule has 0 aliphatic carbocycles. The van der Waals surface area contributed by atoms with Crippen LogP contribution in [0.1, 0.15) is 59.8 Å². The van der Waals surface area contributed by atoms with Gasteiger partial charge < -0.3 is 5.32 Å². The Morgan fingerprint density at radius 1 is 1.18 bits per heavy atom. The van der Waals surface area contributed by atoms with Crippen molar-refractivity contribution in [1.82, 2.24) is 5.32 Å². The second-order valence-electron chi connectivity index (χ2n) is 5.87. The van der Waals surface area contributed by atoms with Crippen LogP contribution in [0, 0.1) is 11.3 Å². The number of amides is 1. The molecule has 3 heteroatoms. The van der Waals surface area contributed by atoms with Crippen molar-refractivity contribution in [3.05, 3.63) is 0 Å². The molecule has 1 amide bonds. The van der Waals surface area contributed by atoms with Crippen LogP contribution in [0.25, 0.3) is 0 Å². The van der Waals surface area contributed by atoms with E-state index >= 15 is 0 Å². The second kappa shape index (κ2) is 8.79. The van der Waals surface area contributed by atoms with Crippen LogP contribution in [0.2, 0.25) is 0 Å². The molecule has 0 aromatic heterocycles. The molecule has 0 saturated carbocycles. The maximum atomic E-state index is 11.7. The summed E-state index contributed by atoms with van der Waals surface area (Å²) in [5.74, 6) is 1.24. The maximum Gasteiger partial charge on any atom is 0.226 e. The summed E-state index contributed by atoms with van der Waals surface area (Å²) >= 11 is 5.74. The molecule has 0 spiro atoms. The number of carbonyl (C=O) groups excluding carboxylic acids is 1. The van der Waals surface area contributed by atoms with Gasteiger partial charge in [0.1, 0.15) is 0 Å².